The molecule has 1 aliphatic rings. The number of aryl methyl sites for hydroxylation is 1. The first-order valence-corrected chi connectivity index (χ1v) is 6.62. The molecule has 0 spiro atoms. The monoisotopic (exact) mass is 238 g/mol. The standard InChI is InChI=1S/C12H22N4O/c1-3-10(2)13-7-9-16-12(17)15-8-5-4-6-11(15)14-16/h10,13H,3-9H2,1-2H3. The van der Waals surface area contributed by atoms with Crippen LogP contribution in [0.3, 0.4) is 0 Å². The Balaban J connectivity index is 1.97. The van der Waals surface area contributed by atoms with Gasteiger partial charge in [0.1, 0.15) is 5.82 Å². The van der Waals surface area contributed by atoms with Gasteiger partial charge in [0.2, 0.25) is 0 Å². The molecule has 0 aliphatic carbocycles. The Labute approximate surface area is 102 Å². The largest absolute Gasteiger partial charge is 0.345 e. The molecule has 17 heavy (non-hydrogen) atoms. The number of fused-ring (bicyclic) bond motifs is 1. The third kappa shape index (κ3) is 2.77. The topological polar surface area (TPSA) is 51.9 Å². The van der Waals surface area contributed by atoms with E-state index in [-0.39, 0.29) is 5.69 Å². The number of nitrogens with one attached hydrogen (secondary N) is 1. The van der Waals surface area contributed by atoms with Crippen LogP contribution in [0, 0.1) is 0 Å². The first kappa shape index (κ1) is 12.4. The SMILES string of the molecule is CCC(C)NCCn1nc2n(c1=O)CCCC2. The minimum atomic E-state index is 0.0608. The molecule has 1 N–H and O–H groups in total. The van der Waals surface area contributed by atoms with Crippen molar-refractivity contribution in [2.75, 3.05) is 6.54 Å². The van der Waals surface area contributed by atoms with Crippen molar-refractivity contribution >= 4 is 0 Å². The number of nitrogens with zero attached hydrogens (tertiary/aromatic N) is 3. The Kier molecular flexibility index (Phi) is 3.99. The van der Waals surface area contributed by atoms with Gasteiger partial charge >= 0.3 is 5.69 Å². The fraction of sp³-hybridized carbons (Fsp3) is 0.833. The molecule has 0 radical (unpaired) electrons. The summed E-state index contributed by atoms with van der Waals surface area (Å²) >= 11 is 0. The Bertz CT molecular complexity index is 421. The van der Waals surface area contributed by atoms with Crippen molar-refractivity contribution in [1.29, 1.82) is 0 Å². The van der Waals surface area contributed by atoms with Crippen LogP contribution in [-0.4, -0.2) is 26.9 Å². The van der Waals surface area contributed by atoms with Crippen LogP contribution in [0.5, 0.6) is 0 Å². The maximum atomic E-state index is 12.0. The highest BCUT2D eigenvalue weighted by molar-refractivity contribution is 4.91. The maximum Gasteiger partial charge on any atom is 0.345 e. The molecule has 1 aromatic rings. The first-order valence-electron chi connectivity index (χ1n) is 6.62. The second kappa shape index (κ2) is 5.49. The van der Waals surface area contributed by atoms with Crippen molar-refractivity contribution in [3.8, 4) is 0 Å². The molecular weight excluding hydrogens is 216 g/mol. The van der Waals surface area contributed by atoms with Crippen molar-refractivity contribution < 1.29 is 0 Å². The smallest absolute Gasteiger partial charge is 0.312 e. The van der Waals surface area contributed by atoms with Crippen molar-refractivity contribution in [3.63, 3.8) is 0 Å². The summed E-state index contributed by atoms with van der Waals surface area (Å²) in [5.41, 5.74) is 0.0608. The summed E-state index contributed by atoms with van der Waals surface area (Å²) in [6.45, 7) is 6.63. The van der Waals surface area contributed by atoms with Crippen LogP contribution in [0.25, 0.3) is 0 Å². The summed E-state index contributed by atoms with van der Waals surface area (Å²) in [5, 5.41) is 7.78. The normalized spacial score (nSPS) is 16.8. The molecular formula is C12H22N4O. The fourth-order valence-electron chi connectivity index (χ4n) is 2.16. The molecule has 0 amide bonds. The van der Waals surface area contributed by atoms with Crippen LogP contribution < -0.4 is 11.0 Å². The third-order valence-corrected chi connectivity index (χ3v) is 3.46. The third-order valence-electron chi connectivity index (χ3n) is 3.46. The second-order valence-corrected chi connectivity index (χ2v) is 4.79. The van der Waals surface area contributed by atoms with E-state index in [0.29, 0.717) is 12.6 Å². The summed E-state index contributed by atoms with van der Waals surface area (Å²) < 4.78 is 3.43. The predicted molar refractivity (Wildman–Crippen MR) is 67.2 cm³/mol. The second-order valence-electron chi connectivity index (χ2n) is 4.79. The quantitative estimate of drug-likeness (QED) is 0.824. The van der Waals surface area contributed by atoms with E-state index >= 15 is 0 Å². The predicted octanol–water partition coefficient (Wildman–Crippen LogP) is 0.769. The molecule has 0 aromatic carbocycles. The zero-order valence-electron chi connectivity index (χ0n) is 10.8. The van der Waals surface area contributed by atoms with E-state index in [2.05, 4.69) is 24.3 Å². The molecule has 0 saturated carbocycles. The van der Waals surface area contributed by atoms with E-state index in [0.717, 1.165) is 44.6 Å². The lowest BCUT2D eigenvalue weighted by Crippen LogP contribution is -2.33. The van der Waals surface area contributed by atoms with Crippen molar-refractivity contribution in [2.45, 2.75) is 58.7 Å². The zero-order valence-corrected chi connectivity index (χ0v) is 10.8. The van der Waals surface area contributed by atoms with Gasteiger partial charge in [0.05, 0.1) is 6.54 Å². The number of hydrogen-bond acceptors (Lipinski definition) is 3. The number of rotatable bonds is 5. The van der Waals surface area contributed by atoms with Crippen molar-refractivity contribution in [1.82, 2.24) is 19.7 Å². The molecule has 2 rings (SSSR count). The van der Waals surface area contributed by atoms with Crippen LogP contribution in [0.15, 0.2) is 4.79 Å². The van der Waals surface area contributed by atoms with E-state index < -0.39 is 0 Å². The van der Waals surface area contributed by atoms with Gasteiger partial charge in [-0.05, 0) is 26.2 Å². The van der Waals surface area contributed by atoms with Gasteiger partial charge in [-0.1, -0.05) is 6.92 Å². The maximum absolute atomic E-state index is 12.0. The Hall–Kier alpha value is -1.10. The molecule has 1 aromatic heterocycles. The molecule has 5 nitrogen and oxygen atoms in total. The van der Waals surface area contributed by atoms with E-state index in [9.17, 15) is 4.79 Å². The van der Waals surface area contributed by atoms with Crippen LogP contribution >= 0.6 is 0 Å². The molecule has 0 fully saturated rings. The van der Waals surface area contributed by atoms with E-state index in [4.69, 9.17) is 0 Å². The Morgan fingerprint density at radius 3 is 3.00 bits per heavy atom. The Morgan fingerprint density at radius 2 is 2.29 bits per heavy atom. The van der Waals surface area contributed by atoms with Gasteiger partial charge in [0.25, 0.3) is 0 Å². The summed E-state index contributed by atoms with van der Waals surface area (Å²) in [5.74, 6) is 0.963. The zero-order chi connectivity index (χ0) is 12.3. The van der Waals surface area contributed by atoms with Gasteiger partial charge < -0.3 is 5.32 Å². The van der Waals surface area contributed by atoms with Crippen LogP contribution in [0.2, 0.25) is 0 Å². The molecule has 1 unspecified atom stereocenters. The fourth-order valence-corrected chi connectivity index (χ4v) is 2.16. The molecule has 2 heterocycles. The number of aromatic nitrogens is 3. The summed E-state index contributed by atoms with van der Waals surface area (Å²) in [4.78, 5) is 12.0. The van der Waals surface area contributed by atoms with Gasteiger partial charge in [0, 0.05) is 25.6 Å². The average Bonchev–Trinajstić information content (AvgIpc) is 2.67. The number of hydrogen-bond donors (Lipinski definition) is 1. The first-order chi connectivity index (χ1) is 8.22. The molecule has 0 bridgehead atoms. The van der Waals surface area contributed by atoms with Crippen molar-refractivity contribution in [2.24, 2.45) is 0 Å². The van der Waals surface area contributed by atoms with Gasteiger partial charge in [-0.2, -0.15) is 5.10 Å². The van der Waals surface area contributed by atoms with E-state index in [1.807, 2.05) is 4.57 Å². The molecule has 96 valence electrons. The minimum Gasteiger partial charge on any atom is -0.312 e. The lowest BCUT2D eigenvalue weighted by atomic mass is 10.2. The highest BCUT2D eigenvalue weighted by Crippen LogP contribution is 2.08. The average molecular weight is 238 g/mol. The van der Waals surface area contributed by atoms with E-state index in [1.54, 1.807) is 4.68 Å². The summed E-state index contributed by atoms with van der Waals surface area (Å²) in [6.07, 6.45) is 4.31. The summed E-state index contributed by atoms with van der Waals surface area (Å²) in [7, 11) is 0. The Morgan fingerprint density at radius 1 is 1.47 bits per heavy atom. The van der Waals surface area contributed by atoms with Crippen molar-refractivity contribution in [3.05, 3.63) is 16.3 Å². The van der Waals surface area contributed by atoms with Crippen LogP contribution in [0.1, 0.15) is 38.9 Å². The molecule has 0 saturated heterocycles. The molecule has 1 aliphatic heterocycles. The van der Waals surface area contributed by atoms with Gasteiger partial charge in [-0.15, -0.1) is 0 Å². The summed E-state index contributed by atoms with van der Waals surface area (Å²) in [6, 6.07) is 0.503. The lowest BCUT2D eigenvalue weighted by molar-refractivity contribution is 0.476. The highest BCUT2D eigenvalue weighted by Gasteiger charge is 2.16. The van der Waals surface area contributed by atoms with E-state index in [1.165, 1.54) is 0 Å². The van der Waals surface area contributed by atoms with Crippen LogP contribution in [0.4, 0.5) is 0 Å². The van der Waals surface area contributed by atoms with Gasteiger partial charge in [-0.25, -0.2) is 9.48 Å². The lowest BCUT2D eigenvalue weighted by Gasteiger charge is -2.10. The minimum absolute atomic E-state index is 0.0608. The van der Waals surface area contributed by atoms with Gasteiger partial charge in [0.15, 0.2) is 0 Å². The molecule has 5 heteroatoms. The highest BCUT2D eigenvalue weighted by atomic mass is 16.2. The van der Waals surface area contributed by atoms with Gasteiger partial charge in [-0.3, -0.25) is 4.57 Å². The molecule has 1 atom stereocenters. The van der Waals surface area contributed by atoms with Crippen LogP contribution in [-0.2, 0) is 19.5 Å².